The van der Waals surface area contributed by atoms with Crippen LogP contribution in [0.4, 0.5) is 5.82 Å². The molecule has 0 saturated carbocycles. The monoisotopic (exact) mass is 370 g/mol. The van der Waals surface area contributed by atoms with E-state index in [1.165, 1.54) is 13.4 Å². The lowest BCUT2D eigenvalue weighted by Gasteiger charge is -2.26. The summed E-state index contributed by atoms with van der Waals surface area (Å²) in [6.45, 7) is 5.09. The molecule has 142 valence electrons. The molecule has 1 fully saturated rings. The van der Waals surface area contributed by atoms with Crippen LogP contribution >= 0.6 is 0 Å². The molecule has 9 nitrogen and oxygen atoms in total. The SMILES string of the molecule is CN(N=O)c1cn(-c2cc(OCCCN3CCOCC3)ccc2C#N)cn1. The molecule has 1 aliphatic heterocycles. The molecule has 0 N–H and O–H groups in total. The fraction of sp³-hybridized carbons (Fsp3) is 0.444. The van der Waals surface area contributed by atoms with Crippen molar-refractivity contribution >= 4 is 5.82 Å². The standard InChI is InChI=1S/C18H22N6O3/c1-22(21-25)18-13-24(14-20-18)17-11-16(4-3-15(17)12-19)27-8-2-5-23-6-9-26-10-7-23/h3-4,11,13-14H,2,5-10H2,1H3. The first-order valence-electron chi connectivity index (χ1n) is 8.79. The van der Waals surface area contributed by atoms with Crippen molar-refractivity contribution in [1.82, 2.24) is 14.5 Å². The molecule has 9 heteroatoms. The van der Waals surface area contributed by atoms with Gasteiger partial charge in [0.1, 0.15) is 18.1 Å². The molecule has 27 heavy (non-hydrogen) atoms. The number of hydrogen-bond acceptors (Lipinski definition) is 7. The van der Waals surface area contributed by atoms with Crippen LogP contribution < -0.4 is 9.75 Å². The number of morpholine rings is 1. The van der Waals surface area contributed by atoms with Gasteiger partial charge in [0.2, 0.25) is 0 Å². The summed E-state index contributed by atoms with van der Waals surface area (Å²) < 4.78 is 12.9. The second kappa shape index (κ2) is 9.12. The Labute approximate surface area is 157 Å². The highest BCUT2D eigenvalue weighted by Gasteiger charge is 2.12. The van der Waals surface area contributed by atoms with E-state index in [1.54, 1.807) is 29.0 Å². The maximum absolute atomic E-state index is 10.6. The molecular weight excluding hydrogens is 348 g/mol. The molecule has 3 rings (SSSR count). The van der Waals surface area contributed by atoms with Gasteiger partial charge in [-0.3, -0.25) is 4.90 Å². The predicted molar refractivity (Wildman–Crippen MR) is 99.8 cm³/mol. The second-order valence-electron chi connectivity index (χ2n) is 6.19. The average molecular weight is 370 g/mol. The molecular formula is C18H22N6O3. The molecule has 0 bridgehead atoms. The van der Waals surface area contributed by atoms with Gasteiger partial charge in [0.15, 0.2) is 5.82 Å². The zero-order valence-electron chi connectivity index (χ0n) is 15.2. The third-order valence-electron chi connectivity index (χ3n) is 4.38. The van der Waals surface area contributed by atoms with Crippen LogP contribution in [0.2, 0.25) is 0 Å². The quantitative estimate of drug-likeness (QED) is 0.398. The highest BCUT2D eigenvalue weighted by atomic mass is 16.5. The largest absolute Gasteiger partial charge is 0.493 e. The van der Waals surface area contributed by atoms with Crippen LogP contribution in [0.5, 0.6) is 5.75 Å². The number of nitrogens with zero attached hydrogens (tertiary/aromatic N) is 6. The van der Waals surface area contributed by atoms with Gasteiger partial charge in [0.05, 0.1) is 42.6 Å². The summed E-state index contributed by atoms with van der Waals surface area (Å²) in [6.07, 6.45) is 4.09. The summed E-state index contributed by atoms with van der Waals surface area (Å²) in [7, 11) is 1.51. The van der Waals surface area contributed by atoms with Crippen molar-refractivity contribution in [3.05, 3.63) is 41.2 Å². The van der Waals surface area contributed by atoms with Gasteiger partial charge in [-0.2, -0.15) is 5.26 Å². The topological polar surface area (TPSA) is 96.0 Å². The van der Waals surface area contributed by atoms with Crippen LogP contribution in [0.15, 0.2) is 36.0 Å². The van der Waals surface area contributed by atoms with E-state index in [2.05, 4.69) is 21.2 Å². The molecule has 0 radical (unpaired) electrons. The molecule has 1 saturated heterocycles. The number of benzene rings is 1. The van der Waals surface area contributed by atoms with E-state index in [4.69, 9.17) is 9.47 Å². The van der Waals surface area contributed by atoms with Gasteiger partial charge in [-0.1, -0.05) is 0 Å². The maximum Gasteiger partial charge on any atom is 0.169 e. The summed E-state index contributed by atoms with van der Waals surface area (Å²) in [5, 5.41) is 13.3. The summed E-state index contributed by atoms with van der Waals surface area (Å²) >= 11 is 0. The minimum atomic E-state index is 0.394. The van der Waals surface area contributed by atoms with Gasteiger partial charge in [-0.25, -0.2) is 9.99 Å². The molecule has 0 amide bonds. The second-order valence-corrected chi connectivity index (χ2v) is 6.19. The van der Waals surface area contributed by atoms with E-state index in [0.29, 0.717) is 29.4 Å². The number of imidazole rings is 1. The summed E-state index contributed by atoms with van der Waals surface area (Å²) in [5.41, 5.74) is 1.13. The van der Waals surface area contributed by atoms with Crippen LogP contribution in [0.1, 0.15) is 12.0 Å². The zero-order valence-corrected chi connectivity index (χ0v) is 15.2. The number of rotatable bonds is 8. The highest BCUT2D eigenvalue weighted by molar-refractivity contribution is 5.54. The summed E-state index contributed by atoms with van der Waals surface area (Å²) in [6, 6.07) is 7.46. The Hall–Kier alpha value is -2.96. The lowest BCUT2D eigenvalue weighted by atomic mass is 10.2. The van der Waals surface area contributed by atoms with Crippen molar-refractivity contribution in [3.63, 3.8) is 0 Å². The van der Waals surface area contributed by atoms with Crippen molar-refractivity contribution in [1.29, 1.82) is 5.26 Å². The van der Waals surface area contributed by atoms with Crippen LogP contribution in [0.25, 0.3) is 5.69 Å². The molecule has 1 aliphatic rings. The van der Waals surface area contributed by atoms with Crippen LogP contribution in [0.3, 0.4) is 0 Å². The average Bonchev–Trinajstić information content (AvgIpc) is 3.21. The fourth-order valence-corrected chi connectivity index (χ4v) is 2.87. The minimum absolute atomic E-state index is 0.394. The molecule has 0 aliphatic carbocycles. The van der Waals surface area contributed by atoms with Gasteiger partial charge >= 0.3 is 0 Å². The number of aromatic nitrogens is 2. The zero-order chi connectivity index (χ0) is 19.1. The van der Waals surface area contributed by atoms with E-state index in [1.807, 2.05) is 0 Å². The summed E-state index contributed by atoms with van der Waals surface area (Å²) in [5.74, 6) is 1.08. The minimum Gasteiger partial charge on any atom is -0.493 e. The fourth-order valence-electron chi connectivity index (χ4n) is 2.87. The van der Waals surface area contributed by atoms with Gasteiger partial charge in [-0.05, 0) is 18.6 Å². The maximum atomic E-state index is 10.6. The van der Waals surface area contributed by atoms with Crippen molar-refractivity contribution in [2.24, 2.45) is 5.29 Å². The van der Waals surface area contributed by atoms with Gasteiger partial charge in [-0.15, -0.1) is 4.91 Å². The number of anilines is 1. The van der Waals surface area contributed by atoms with E-state index < -0.39 is 0 Å². The van der Waals surface area contributed by atoms with E-state index in [-0.39, 0.29) is 0 Å². The smallest absolute Gasteiger partial charge is 0.169 e. The highest BCUT2D eigenvalue weighted by Crippen LogP contribution is 2.23. The van der Waals surface area contributed by atoms with Crippen molar-refractivity contribution < 1.29 is 9.47 Å². The lowest BCUT2D eigenvalue weighted by Crippen LogP contribution is -2.37. The van der Waals surface area contributed by atoms with E-state index in [9.17, 15) is 10.2 Å². The van der Waals surface area contributed by atoms with Crippen LogP contribution in [-0.2, 0) is 4.74 Å². The van der Waals surface area contributed by atoms with Crippen molar-refractivity contribution in [2.45, 2.75) is 6.42 Å². The molecule has 0 unspecified atom stereocenters. The molecule has 0 atom stereocenters. The van der Waals surface area contributed by atoms with Crippen LogP contribution in [0, 0.1) is 16.2 Å². The van der Waals surface area contributed by atoms with Gasteiger partial charge < -0.3 is 14.0 Å². The number of hydrogen-bond donors (Lipinski definition) is 0. The number of nitriles is 1. The molecule has 1 aromatic carbocycles. The third kappa shape index (κ3) is 4.81. The number of ether oxygens (including phenoxy) is 2. The molecule has 1 aromatic heterocycles. The molecule has 0 spiro atoms. The van der Waals surface area contributed by atoms with E-state index >= 15 is 0 Å². The summed E-state index contributed by atoms with van der Waals surface area (Å²) in [4.78, 5) is 17.1. The molecule has 2 heterocycles. The third-order valence-corrected chi connectivity index (χ3v) is 4.38. The van der Waals surface area contributed by atoms with Gasteiger partial charge in [0.25, 0.3) is 0 Å². The Morgan fingerprint density at radius 3 is 2.96 bits per heavy atom. The first-order chi connectivity index (χ1) is 13.2. The van der Waals surface area contributed by atoms with E-state index in [0.717, 1.165) is 44.3 Å². The van der Waals surface area contributed by atoms with Gasteiger partial charge in [0, 0.05) is 32.7 Å². The van der Waals surface area contributed by atoms with Crippen molar-refractivity contribution in [2.75, 3.05) is 51.5 Å². The van der Waals surface area contributed by atoms with Crippen molar-refractivity contribution in [3.8, 4) is 17.5 Å². The Balaban J connectivity index is 1.63. The predicted octanol–water partition coefficient (Wildman–Crippen LogP) is 1.96. The first kappa shape index (κ1) is 18.8. The Kier molecular flexibility index (Phi) is 6.35. The number of nitroso groups, excluding NO2 is 1. The van der Waals surface area contributed by atoms with Crippen LogP contribution in [-0.4, -0.2) is 61.0 Å². The molecule has 2 aromatic rings. The first-order valence-corrected chi connectivity index (χ1v) is 8.79. The Morgan fingerprint density at radius 2 is 2.22 bits per heavy atom. The Bertz CT molecular complexity index is 810. The normalized spacial score (nSPS) is 14.5. The lowest BCUT2D eigenvalue weighted by molar-refractivity contribution is 0.0358. The Morgan fingerprint density at radius 1 is 1.41 bits per heavy atom.